The van der Waals surface area contributed by atoms with Gasteiger partial charge in [-0.3, -0.25) is 0 Å². The van der Waals surface area contributed by atoms with E-state index in [0.717, 1.165) is 19.6 Å². The predicted octanol–water partition coefficient (Wildman–Crippen LogP) is 2.68. The van der Waals surface area contributed by atoms with E-state index in [1.807, 2.05) is 0 Å². The fourth-order valence-electron chi connectivity index (χ4n) is 1.08. The first-order valence-electron chi connectivity index (χ1n) is 5.60. The van der Waals surface area contributed by atoms with Crippen LogP contribution in [0.4, 0.5) is 0 Å². The van der Waals surface area contributed by atoms with Gasteiger partial charge in [0.1, 0.15) is 0 Å². The van der Waals surface area contributed by atoms with Crippen LogP contribution in [0.3, 0.4) is 0 Å². The summed E-state index contributed by atoms with van der Waals surface area (Å²) in [6.07, 6.45) is 1.09. The number of nitrogens with one attached hydrogen (secondary N) is 1. The van der Waals surface area contributed by atoms with Crippen molar-refractivity contribution in [3.8, 4) is 0 Å². The zero-order chi connectivity index (χ0) is 11.2. The van der Waals surface area contributed by atoms with Crippen molar-refractivity contribution in [1.29, 1.82) is 0 Å². The Balaban J connectivity index is 3.61. The van der Waals surface area contributed by atoms with Crippen molar-refractivity contribution >= 4 is 0 Å². The lowest BCUT2D eigenvalue weighted by molar-refractivity contribution is 0.180. The number of rotatable bonds is 6. The van der Waals surface area contributed by atoms with Gasteiger partial charge in [-0.25, -0.2) is 0 Å². The Hall–Kier alpha value is -0.0800. The highest BCUT2D eigenvalue weighted by Gasteiger charge is 2.19. The largest absolute Gasteiger partial charge is 0.385 e. The third-order valence-corrected chi connectivity index (χ3v) is 3.01. The van der Waals surface area contributed by atoms with E-state index >= 15 is 0 Å². The van der Waals surface area contributed by atoms with Crippen LogP contribution < -0.4 is 5.32 Å². The van der Waals surface area contributed by atoms with Crippen LogP contribution >= 0.6 is 0 Å². The van der Waals surface area contributed by atoms with E-state index in [-0.39, 0.29) is 0 Å². The molecule has 0 aliphatic heterocycles. The molecule has 2 atom stereocenters. The zero-order valence-corrected chi connectivity index (χ0v) is 10.7. The molecule has 0 saturated heterocycles. The minimum Gasteiger partial charge on any atom is -0.385 e. The van der Waals surface area contributed by atoms with E-state index < -0.39 is 0 Å². The van der Waals surface area contributed by atoms with Crippen LogP contribution in [0.25, 0.3) is 0 Å². The SMILES string of the molecule is COCCC(C)NCC(C)C(C)(C)C. The molecule has 0 bridgehead atoms. The first-order chi connectivity index (χ1) is 6.38. The summed E-state index contributed by atoms with van der Waals surface area (Å²) in [4.78, 5) is 0. The topological polar surface area (TPSA) is 21.3 Å². The normalized spacial score (nSPS) is 16.7. The van der Waals surface area contributed by atoms with E-state index in [0.29, 0.717) is 17.4 Å². The average molecular weight is 201 g/mol. The zero-order valence-electron chi connectivity index (χ0n) is 10.7. The Kier molecular flexibility index (Phi) is 6.38. The fraction of sp³-hybridized carbons (Fsp3) is 1.00. The van der Waals surface area contributed by atoms with Crippen LogP contribution in [0.15, 0.2) is 0 Å². The minimum absolute atomic E-state index is 0.397. The molecule has 14 heavy (non-hydrogen) atoms. The molecule has 0 amide bonds. The Labute approximate surface area is 89.4 Å². The van der Waals surface area contributed by atoms with Crippen molar-refractivity contribution in [1.82, 2.24) is 5.32 Å². The van der Waals surface area contributed by atoms with E-state index in [1.54, 1.807) is 7.11 Å². The second kappa shape index (κ2) is 6.41. The minimum atomic E-state index is 0.397. The van der Waals surface area contributed by atoms with Gasteiger partial charge in [-0.2, -0.15) is 0 Å². The molecular weight excluding hydrogens is 174 g/mol. The highest BCUT2D eigenvalue weighted by molar-refractivity contribution is 4.73. The second-order valence-corrected chi connectivity index (χ2v) is 5.36. The van der Waals surface area contributed by atoms with Crippen LogP contribution in [0.1, 0.15) is 41.0 Å². The maximum Gasteiger partial charge on any atom is 0.0476 e. The standard InChI is InChI=1S/C12H27NO/c1-10(12(3,4)5)9-13-11(2)7-8-14-6/h10-11,13H,7-9H2,1-6H3. The molecule has 0 radical (unpaired) electrons. The van der Waals surface area contributed by atoms with Gasteiger partial charge in [-0.05, 0) is 31.2 Å². The lowest BCUT2D eigenvalue weighted by atomic mass is 9.82. The highest BCUT2D eigenvalue weighted by atomic mass is 16.5. The van der Waals surface area contributed by atoms with Crippen molar-refractivity contribution in [2.45, 2.75) is 47.1 Å². The smallest absolute Gasteiger partial charge is 0.0476 e. The Morgan fingerprint density at radius 2 is 1.79 bits per heavy atom. The summed E-state index contributed by atoms with van der Waals surface area (Å²) in [5.41, 5.74) is 0.397. The molecule has 0 aromatic carbocycles. The predicted molar refractivity (Wildman–Crippen MR) is 62.6 cm³/mol. The maximum absolute atomic E-state index is 5.05. The van der Waals surface area contributed by atoms with Crippen LogP contribution in [0, 0.1) is 11.3 Å². The van der Waals surface area contributed by atoms with Crippen molar-refractivity contribution in [3.63, 3.8) is 0 Å². The molecule has 0 aromatic heterocycles. The van der Waals surface area contributed by atoms with Crippen molar-refractivity contribution < 1.29 is 4.74 Å². The van der Waals surface area contributed by atoms with E-state index in [2.05, 4.69) is 39.9 Å². The lowest BCUT2D eigenvalue weighted by Gasteiger charge is -2.28. The van der Waals surface area contributed by atoms with E-state index in [4.69, 9.17) is 4.74 Å². The Morgan fingerprint density at radius 3 is 2.21 bits per heavy atom. The van der Waals surface area contributed by atoms with Crippen LogP contribution in [-0.2, 0) is 4.74 Å². The lowest BCUT2D eigenvalue weighted by Crippen LogP contribution is -2.35. The molecule has 2 heteroatoms. The van der Waals surface area contributed by atoms with Crippen LogP contribution in [0.2, 0.25) is 0 Å². The van der Waals surface area contributed by atoms with Gasteiger partial charge in [0, 0.05) is 19.8 Å². The Bertz CT molecular complexity index is 140. The highest BCUT2D eigenvalue weighted by Crippen LogP contribution is 2.24. The van der Waals surface area contributed by atoms with Crippen molar-refractivity contribution in [3.05, 3.63) is 0 Å². The molecule has 0 rings (SSSR count). The van der Waals surface area contributed by atoms with Crippen LogP contribution in [0.5, 0.6) is 0 Å². The van der Waals surface area contributed by atoms with Gasteiger partial charge < -0.3 is 10.1 Å². The molecule has 0 aliphatic rings. The van der Waals surface area contributed by atoms with Gasteiger partial charge in [-0.15, -0.1) is 0 Å². The summed E-state index contributed by atoms with van der Waals surface area (Å²) < 4.78 is 5.05. The third-order valence-electron chi connectivity index (χ3n) is 3.01. The molecule has 86 valence electrons. The van der Waals surface area contributed by atoms with E-state index in [9.17, 15) is 0 Å². The maximum atomic E-state index is 5.05. The number of ether oxygens (including phenoxy) is 1. The molecule has 0 heterocycles. The molecule has 0 fully saturated rings. The summed E-state index contributed by atoms with van der Waals surface area (Å²) in [5.74, 6) is 0.701. The molecule has 2 unspecified atom stereocenters. The van der Waals surface area contributed by atoms with Crippen molar-refractivity contribution in [2.75, 3.05) is 20.3 Å². The Morgan fingerprint density at radius 1 is 1.21 bits per heavy atom. The summed E-state index contributed by atoms with van der Waals surface area (Å²) in [6, 6.07) is 0.555. The van der Waals surface area contributed by atoms with E-state index in [1.165, 1.54) is 0 Å². The molecule has 1 N–H and O–H groups in total. The third kappa shape index (κ3) is 6.39. The molecule has 0 spiro atoms. The summed E-state index contributed by atoms with van der Waals surface area (Å²) in [5, 5.41) is 3.54. The van der Waals surface area contributed by atoms with Gasteiger partial charge in [0.25, 0.3) is 0 Å². The first-order valence-corrected chi connectivity index (χ1v) is 5.60. The van der Waals surface area contributed by atoms with Gasteiger partial charge in [-0.1, -0.05) is 27.7 Å². The number of hydrogen-bond acceptors (Lipinski definition) is 2. The summed E-state index contributed by atoms with van der Waals surface area (Å²) in [7, 11) is 1.75. The first kappa shape index (κ1) is 13.9. The summed E-state index contributed by atoms with van der Waals surface area (Å²) in [6.45, 7) is 13.3. The molecule has 2 nitrogen and oxygen atoms in total. The monoisotopic (exact) mass is 201 g/mol. The molecule has 0 saturated carbocycles. The average Bonchev–Trinajstić information content (AvgIpc) is 2.09. The fourth-order valence-corrected chi connectivity index (χ4v) is 1.08. The second-order valence-electron chi connectivity index (χ2n) is 5.36. The number of hydrogen-bond donors (Lipinski definition) is 1. The van der Waals surface area contributed by atoms with Crippen LogP contribution in [-0.4, -0.2) is 26.3 Å². The molecular formula is C12H27NO. The summed E-state index contributed by atoms with van der Waals surface area (Å²) >= 11 is 0. The van der Waals surface area contributed by atoms with Gasteiger partial charge in [0.15, 0.2) is 0 Å². The molecule has 0 aliphatic carbocycles. The van der Waals surface area contributed by atoms with Crippen molar-refractivity contribution in [2.24, 2.45) is 11.3 Å². The van der Waals surface area contributed by atoms with Gasteiger partial charge >= 0.3 is 0 Å². The van der Waals surface area contributed by atoms with Gasteiger partial charge in [0.05, 0.1) is 0 Å². The van der Waals surface area contributed by atoms with Gasteiger partial charge in [0.2, 0.25) is 0 Å². The number of methoxy groups -OCH3 is 1. The molecule has 0 aromatic rings. The quantitative estimate of drug-likeness (QED) is 0.713.